The van der Waals surface area contributed by atoms with Crippen molar-refractivity contribution < 1.29 is 29.2 Å². The van der Waals surface area contributed by atoms with Crippen molar-refractivity contribution in [3.8, 4) is 0 Å². The number of carboxylic acid groups (broad SMARTS) is 1. The van der Waals surface area contributed by atoms with E-state index < -0.39 is 35.3 Å². The number of aliphatic carboxylic acids is 1. The van der Waals surface area contributed by atoms with Crippen LogP contribution in [0.5, 0.6) is 0 Å². The van der Waals surface area contributed by atoms with Crippen molar-refractivity contribution in [1.29, 1.82) is 0 Å². The van der Waals surface area contributed by atoms with Crippen LogP contribution in [0, 0.1) is 0 Å². The molecule has 1 aromatic rings. The van der Waals surface area contributed by atoms with Gasteiger partial charge in [-0.15, -0.1) is 11.3 Å². The van der Waals surface area contributed by atoms with E-state index in [4.69, 9.17) is 21.4 Å². The van der Waals surface area contributed by atoms with Gasteiger partial charge in [0.2, 0.25) is 0 Å². The van der Waals surface area contributed by atoms with Gasteiger partial charge < -0.3 is 21.4 Å². The normalized spacial score (nSPS) is 26.5. The minimum atomic E-state index is -2.09. The zero-order chi connectivity index (χ0) is 18.1. The summed E-state index contributed by atoms with van der Waals surface area (Å²) in [5, 5.41) is 14.6. The number of hydroxylamine groups is 2. The second-order valence-corrected chi connectivity index (χ2v) is 5.78. The molecule has 2 atom stereocenters. The molecule has 1 aliphatic heterocycles. The zero-order valence-electron chi connectivity index (χ0n) is 12.8. The number of thiazole rings is 1. The molecule has 24 heavy (non-hydrogen) atoms. The van der Waals surface area contributed by atoms with Crippen LogP contribution in [-0.4, -0.2) is 58.3 Å². The number of anilines is 1. The van der Waals surface area contributed by atoms with Crippen molar-refractivity contribution in [3.63, 3.8) is 0 Å². The Hall–Kier alpha value is -2.57. The average Bonchev–Trinajstić information content (AvgIpc) is 2.95. The fourth-order valence-electron chi connectivity index (χ4n) is 2.41. The molecule has 0 aromatic carbocycles. The Kier molecular flexibility index (Phi) is 4.55. The molecule has 2 rings (SSSR count). The number of aromatic nitrogens is 1. The van der Waals surface area contributed by atoms with Crippen LogP contribution < -0.4 is 11.5 Å². The largest absolute Gasteiger partial charge is 0.479 e. The SMILES string of the molecule is CON=CC1(c2csc(N)n2)N(OCC(=O)O)C(=O)C1(N)C(C)=O. The van der Waals surface area contributed by atoms with Crippen molar-refractivity contribution in [3.05, 3.63) is 11.1 Å². The van der Waals surface area contributed by atoms with Crippen LogP contribution in [0.2, 0.25) is 0 Å². The molecule has 1 saturated heterocycles. The first kappa shape index (κ1) is 17.8. The number of rotatable bonds is 7. The Morgan fingerprint density at radius 3 is 2.71 bits per heavy atom. The standard InChI is InChI=1S/C12H15N5O6S/c1-6(18)12(14)9(21)17(23-3-8(19)20)11(12,5-15-22-2)7-4-24-10(13)16-7/h4-5H,3,14H2,1-2H3,(H2,13,16)(H,19,20). The molecule has 5 N–H and O–H groups in total. The van der Waals surface area contributed by atoms with Crippen molar-refractivity contribution in [2.45, 2.75) is 18.0 Å². The third-order valence-corrected chi connectivity index (χ3v) is 4.25. The third kappa shape index (κ3) is 2.31. The molecular formula is C12H15N5O6S. The van der Waals surface area contributed by atoms with Crippen LogP contribution in [-0.2, 0) is 29.6 Å². The Balaban J connectivity index is 2.62. The topological polar surface area (TPSA) is 170 Å². The summed E-state index contributed by atoms with van der Waals surface area (Å²) >= 11 is 1.04. The summed E-state index contributed by atoms with van der Waals surface area (Å²) in [5.41, 5.74) is 7.91. The number of β-lactam (4-membered cyclic amide) rings is 1. The smallest absolute Gasteiger partial charge is 0.332 e. The minimum Gasteiger partial charge on any atom is -0.479 e. The molecule has 0 bridgehead atoms. The maximum atomic E-state index is 12.4. The number of Topliss-reactive ketones (excluding diaryl/α,β-unsaturated/α-hetero) is 1. The van der Waals surface area contributed by atoms with Crippen LogP contribution in [0.1, 0.15) is 12.6 Å². The first-order valence-electron chi connectivity index (χ1n) is 6.50. The number of oxime groups is 1. The lowest BCUT2D eigenvalue weighted by Crippen LogP contribution is -2.87. The van der Waals surface area contributed by atoms with Gasteiger partial charge in [0.05, 0.1) is 11.9 Å². The maximum Gasteiger partial charge on any atom is 0.332 e. The summed E-state index contributed by atoms with van der Waals surface area (Å²) in [6.07, 6.45) is 1.06. The average molecular weight is 357 g/mol. The first-order valence-corrected chi connectivity index (χ1v) is 7.38. The Labute approximate surface area is 139 Å². The monoisotopic (exact) mass is 357 g/mol. The molecule has 1 amide bonds. The lowest BCUT2D eigenvalue weighted by atomic mass is 9.65. The van der Waals surface area contributed by atoms with Crippen LogP contribution in [0.4, 0.5) is 5.13 Å². The highest BCUT2D eigenvalue weighted by molar-refractivity contribution is 7.13. The number of ketones is 1. The molecule has 1 aliphatic rings. The molecule has 0 aliphatic carbocycles. The molecule has 2 heterocycles. The number of hydrogen-bond donors (Lipinski definition) is 3. The summed E-state index contributed by atoms with van der Waals surface area (Å²) < 4.78 is 0. The quantitative estimate of drug-likeness (QED) is 0.232. The Morgan fingerprint density at radius 2 is 2.25 bits per heavy atom. The van der Waals surface area contributed by atoms with Gasteiger partial charge in [-0.25, -0.2) is 9.78 Å². The van der Waals surface area contributed by atoms with Crippen molar-refractivity contribution >= 4 is 40.3 Å². The number of nitrogens with two attached hydrogens (primary N) is 2. The molecule has 11 nitrogen and oxygen atoms in total. The second kappa shape index (κ2) is 6.14. The molecule has 2 unspecified atom stereocenters. The van der Waals surface area contributed by atoms with E-state index in [0.717, 1.165) is 24.5 Å². The summed E-state index contributed by atoms with van der Waals surface area (Å²) in [4.78, 5) is 48.9. The number of nitrogen functional groups attached to an aromatic ring is 1. The number of hydrogen-bond acceptors (Lipinski definition) is 10. The highest BCUT2D eigenvalue weighted by Crippen LogP contribution is 2.47. The van der Waals surface area contributed by atoms with Gasteiger partial charge in [-0.2, -0.15) is 5.06 Å². The summed E-state index contributed by atoms with van der Waals surface area (Å²) in [6, 6.07) is 0. The van der Waals surface area contributed by atoms with E-state index in [2.05, 4.69) is 15.0 Å². The Morgan fingerprint density at radius 1 is 1.58 bits per heavy atom. The van der Waals surface area contributed by atoms with Crippen molar-refractivity contribution in [1.82, 2.24) is 10.0 Å². The van der Waals surface area contributed by atoms with Gasteiger partial charge in [-0.05, 0) is 6.92 Å². The van der Waals surface area contributed by atoms with Gasteiger partial charge in [0.1, 0.15) is 7.11 Å². The van der Waals surface area contributed by atoms with E-state index in [1.165, 1.54) is 12.5 Å². The third-order valence-electron chi connectivity index (χ3n) is 3.57. The fourth-order valence-corrected chi connectivity index (χ4v) is 3.02. The van der Waals surface area contributed by atoms with Crippen LogP contribution in [0.3, 0.4) is 0 Å². The van der Waals surface area contributed by atoms with E-state index in [9.17, 15) is 14.4 Å². The molecule has 130 valence electrons. The predicted octanol–water partition coefficient (Wildman–Crippen LogP) is -1.30. The predicted molar refractivity (Wildman–Crippen MR) is 81.7 cm³/mol. The van der Waals surface area contributed by atoms with Crippen molar-refractivity contribution in [2.75, 3.05) is 19.5 Å². The van der Waals surface area contributed by atoms with E-state index in [0.29, 0.717) is 5.06 Å². The van der Waals surface area contributed by atoms with Gasteiger partial charge in [0.15, 0.2) is 28.6 Å². The number of nitrogens with zero attached hydrogens (tertiary/aromatic N) is 3. The first-order chi connectivity index (χ1) is 11.2. The lowest BCUT2D eigenvalue weighted by molar-refractivity contribution is -0.262. The van der Waals surface area contributed by atoms with Crippen molar-refractivity contribution in [2.24, 2.45) is 10.9 Å². The van der Waals surface area contributed by atoms with Gasteiger partial charge >= 0.3 is 5.97 Å². The number of amides is 1. The number of carboxylic acids is 1. The van der Waals surface area contributed by atoms with Crippen LogP contribution >= 0.6 is 11.3 Å². The molecule has 12 heteroatoms. The highest BCUT2D eigenvalue weighted by Gasteiger charge is 2.75. The molecule has 0 spiro atoms. The maximum absolute atomic E-state index is 12.4. The number of carbonyl (C=O) groups is 3. The fraction of sp³-hybridized carbons (Fsp3) is 0.417. The number of carbonyl (C=O) groups excluding carboxylic acids is 2. The van der Waals surface area contributed by atoms with E-state index in [-0.39, 0.29) is 10.8 Å². The summed E-state index contributed by atoms with van der Waals surface area (Å²) in [6.45, 7) is 0.291. The molecule has 1 fully saturated rings. The summed E-state index contributed by atoms with van der Waals surface area (Å²) in [5.74, 6) is -2.93. The summed E-state index contributed by atoms with van der Waals surface area (Å²) in [7, 11) is 1.24. The molecule has 1 aromatic heterocycles. The zero-order valence-corrected chi connectivity index (χ0v) is 13.6. The molecule has 0 radical (unpaired) electrons. The van der Waals surface area contributed by atoms with Gasteiger partial charge in [-0.1, -0.05) is 5.16 Å². The van der Waals surface area contributed by atoms with E-state index in [1.54, 1.807) is 0 Å². The Bertz CT molecular complexity index is 721. The highest BCUT2D eigenvalue weighted by atomic mass is 32.1. The van der Waals surface area contributed by atoms with E-state index in [1.807, 2.05) is 0 Å². The van der Waals surface area contributed by atoms with Crippen LogP contribution in [0.15, 0.2) is 10.5 Å². The second-order valence-electron chi connectivity index (χ2n) is 4.89. The van der Waals surface area contributed by atoms with Gasteiger partial charge in [0, 0.05) is 5.38 Å². The molecular weight excluding hydrogens is 342 g/mol. The minimum absolute atomic E-state index is 0.105. The van der Waals surface area contributed by atoms with E-state index >= 15 is 0 Å². The van der Waals surface area contributed by atoms with Gasteiger partial charge in [0.25, 0.3) is 5.91 Å². The molecule has 0 saturated carbocycles. The van der Waals surface area contributed by atoms with Crippen LogP contribution in [0.25, 0.3) is 0 Å². The lowest BCUT2D eigenvalue weighted by Gasteiger charge is -2.57. The van der Waals surface area contributed by atoms with Gasteiger partial charge in [-0.3, -0.25) is 14.4 Å².